The first kappa shape index (κ1) is 20.9. The second kappa shape index (κ2) is 8.52. The van der Waals surface area contributed by atoms with Crippen molar-refractivity contribution < 1.29 is 18.5 Å². The third-order valence-corrected chi connectivity index (χ3v) is 5.81. The molecule has 2 heterocycles. The SMILES string of the molecule is O=C(Nc1ccc(C(=O)N2CCc3cnoc3-c3ccccc32)cc1)c1ccc(F)cc1Cl. The highest BCUT2D eigenvalue weighted by molar-refractivity contribution is 6.34. The molecule has 0 atom stereocenters. The molecule has 8 heteroatoms. The average molecular weight is 462 g/mol. The van der Waals surface area contributed by atoms with Crippen molar-refractivity contribution in [3.05, 3.63) is 100 Å². The van der Waals surface area contributed by atoms with E-state index in [1.807, 2.05) is 24.3 Å². The summed E-state index contributed by atoms with van der Waals surface area (Å²) in [5, 5.41) is 6.63. The predicted octanol–water partition coefficient (Wildman–Crippen LogP) is 5.59. The van der Waals surface area contributed by atoms with Crippen molar-refractivity contribution in [2.75, 3.05) is 16.8 Å². The van der Waals surface area contributed by atoms with E-state index in [0.29, 0.717) is 30.0 Å². The molecule has 0 saturated heterocycles. The van der Waals surface area contributed by atoms with Crippen LogP contribution in [0.15, 0.2) is 77.4 Å². The fourth-order valence-electron chi connectivity index (χ4n) is 3.85. The summed E-state index contributed by atoms with van der Waals surface area (Å²) < 4.78 is 18.7. The Balaban J connectivity index is 1.37. The summed E-state index contributed by atoms with van der Waals surface area (Å²) in [5.41, 5.74) is 3.64. The van der Waals surface area contributed by atoms with Crippen molar-refractivity contribution in [2.45, 2.75) is 6.42 Å². The third-order valence-electron chi connectivity index (χ3n) is 5.50. The molecule has 0 aliphatic carbocycles. The van der Waals surface area contributed by atoms with E-state index in [1.165, 1.54) is 12.1 Å². The van der Waals surface area contributed by atoms with E-state index in [1.54, 1.807) is 35.4 Å². The van der Waals surface area contributed by atoms with Gasteiger partial charge in [-0.3, -0.25) is 9.59 Å². The van der Waals surface area contributed by atoms with E-state index in [4.69, 9.17) is 16.1 Å². The van der Waals surface area contributed by atoms with Crippen molar-refractivity contribution in [2.24, 2.45) is 0 Å². The van der Waals surface area contributed by atoms with Gasteiger partial charge in [-0.15, -0.1) is 0 Å². The number of halogens is 2. The van der Waals surface area contributed by atoms with E-state index in [0.717, 1.165) is 22.9 Å². The van der Waals surface area contributed by atoms with Crippen LogP contribution < -0.4 is 10.2 Å². The number of hydrogen-bond acceptors (Lipinski definition) is 4. The number of rotatable bonds is 3. The fraction of sp³-hybridized carbons (Fsp3) is 0.0800. The van der Waals surface area contributed by atoms with Crippen molar-refractivity contribution in [1.82, 2.24) is 5.16 Å². The Kier molecular flexibility index (Phi) is 5.40. The average Bonchev–Trinajstić information content (AvgIpc) is 3.22. The molecule has 0 fully saturated rings. The number of aromatic nitrogens is 1. The molecular weight excluding hydrogens is 445 g/mol. The lowest BCUT2D eigenvalue weighted by atomic mass is 10.1. The van der Waals surface area contributed by atoms with E-state index in [2.05, 4.69) is 10.5 Å². The number of carbonyl (C=O) groups excluding carboxylic acids is 2. The van der Waals surface area contributed by atoms with Crippen LogP contribution in [0.3, 0.4) is 0 Å². The van der Waals surface area contributed by atoms with Crippen LogP contribution >= 0.6 is 11.6 Å². The normalized spacial score (nSPS) is 12.5. The molecule has 4 aromatic rings. The molecule has 2 amide bonds. The smallest absolute Gasteiger partial charge is 0.258 e. The number of fused-ring (bicyclic) bond motifs is 3. The lowest BCUT2D eigenvalue weighted by Gasteiger charge is -2.23. The van der Waals surface area contributed by atoms with Crippen molar-refractivity contribution in [3.8, 4) is 11.3 Å². The number of para-hydroxylation sites is 1. The van der Waals surface area contributed by atoms with Crippen LogP contribution in [-0.4, -0.2) is 23.5 Å². The minimum absolute atomic E-state index is 0.0219. The van der Waals surface area contributed by atoms with Gasteiger partial charge in [-0.1, -0.05) is 28.9 Å². The monoisotopic (exact) mass is 461 g/mol. The summed E-state index contributed by atoms with van der Waals surface area (Å²) in [5.74, 6) is -0.477. The van der Waals surface area contributed by atoms with Gasteiger partial charge in [0, 0.05) is 28.9 Å². The Morgan fingerprint density at radius 2 is 1.85 bits per heavy atom. The molecule has 5 rings (SSSR count). The van der Waals surface area contributed by atoms with Gasteiger partial charge in [0.2, 0.25) is 0 Å². The lowest BCUT2D eigenvalue weighted by Crippen LogP contribution is -2.32. The summed E-state index contributed by atoms with van der Waals surface area (Å²) in [4.78, 5) is 27.5. The molecule has 0 bridgehead atoms. The molecule has 3 aromatic carbocycles. The van der Waals surface area contributed by atoms with E-state index >= 15 is 0 Å². The molecule has 1 aliphatic heterocycles. The molecule has 6 nitrogen and oxygen atoms in total. The maximum Gasteiger partial charge on any atom is 0.258 e. The third kappa shape index (κ3) is 3.99. The Morgan fingerprint density at radius 1 is 1.06 bits per heavy atom. The first-order chi connectivity index (χ1) is 16.0. The zero-order valence-corrected chi connectivity index (χ0v) is 18.0. The molecule has 164 valence electrons. The highest BCUT2D eigenvalue weighted by Gasteiger charge is 2.27. The van der Waals surface area contributed by atoms with Crippen LogP contribution in [-0.2, 0) is 6.42 Å². The van der Waals surface area contributed by atoms with Gasteiger partial charge < -0.3 is 14.7 Å². The van der Waals surface area contributed by atoms with Gasteiger partial charge in [-0.2, -0.15) is 0 Å². The Labute approximate surface area is 193 Å². The number of benzene rings is 3. The highest BCUT2D eigenvalue weighted by Crippen LogP contribution is 2.36. The number of amides is 2. The first-order valence-electron chi connectivity index (χ1n) is 10.2. The maximum absolute atomic E-state index is 13.4. The van der Waals surface area contributed by atoms with Crippen LogP contribution in [0.5, 0.6) is 0 Å². The molecular formula is C25H17ClFN3O3. The van der Waals surface area contributed by atoms with Gasteiger partial charge in [0.25, 0.3) is 11.8 Å². The zero-order valence-electron chi connectivity index (χ0n) is 17.2. The van der Waals surface area contributed by atoms with Gasteiger partial charge in [0.05, 0.1) is 22.5 Å². The van der Waals surface area contributed by atoms with Crippen LogP contribution in [0, 0.1) is 5.82 Å². The highest BCUT2D eigenvalue weighted by atomic mass is 35.5. The minimum atomic E-state index is -0.520. The molecule has 0 radical (unpaired) electrons. The van der Waals surface area contributed by atoms with E-state index in [9.17, 15) is 14.0 Å². The van der Waals surface area contributed by atoms with Gasteiger partial charge in [-0.05, 0) is 61.0 Å². The number of nitrogens with zero attached hydrogens (tertiary/aromatic N) is 2. The maximum atomic E-state index is 13.4. The summed E-state index contributed by atoms with van der Waals surface area (Å²) in [6, 6.07) is 17.7. The van der Waals surface area contributed by atoms with Gasteiger partial charge in [-0.25, -0.2) is 4.39 Å². The van der Waals surface area contributed by atoms with E-state index in [-0.39, 0.29) is 16.5 Å². The molecule has 1 N–H and O–H groups in total. The molecule has 0 spiro atoms. The number of carbonyl (C=O) groups is 2. The standard InChI is InChI=1S/C25H17ClFN3O3/c26-21-13-17(27)7-10-19(21)24(31)29-18-8-5-15(6-9-18)25(32)30-12-11-16-14-28-33-23(16)20-3-1-2-4-22(20)30/h1-10,13-14H,11-12H2,(H,29,31). The van der Waals surface area contributed by atoms with Crippen LogP contribution in [0.25, 0.3) is 11.3 Å². The largest absolute Gasteiger partial charge is 0.356 e. The summed E-state index contributed by atoms with van der Waals surface area (Å²) in [6.07, 6.45) is 2.30. The van der Waals surface area contributed by atoms with Gasteiger partial charge >= 0.3 is 0 Å². The van der Waals surface area contributed by atoms with Gasteiger partial charge in [0.15, 0.2) is 5.76 Å². The zero-order chi connectivity index (χ0) is 22.9. The second-order valence-corrected chi connectivity index (χ2v) is 7.97. The van der Waals surface area contributed by atoms with Gasteiger partial charge in [0.1, 0.15) is 5.82 Å². The lowest BCUT2D eigenvalue weighted by molar-refractivity contribution is 0.0986. The Morgan fingerprint density at radius 3 is 2.64 bits per heavy atom. The quantitative estimate of drug-likeness (QED) is 0.431. The fourth-order valence-corrected chi connectivity index (χ4v) is 4.10. The van der Waals surface area contributed by atoms with Crippen molar-refractivity contribution in [3.63, 3.8) is 0 Å². The minimum Gasteiger partial charge on any atom is -0.356 e. The topological polar surface area (TPSA) is 75.4 Å². The number of anilines is 2. The molecule has 0 unspecified atom stereocenters. The van der Waals surface area contributed by atoms with Crippen LogP contribution in [0.4, 0.5) is 15.8 Å². The number of nitrogens with one attached hydrogen (secondary N) is 1. The molecule has 1 aliphatic rings. The molecule has 1 aromatic heterocycles. The second-order valence-electron chi connectivity index (χ2n) is 7.56. The number of hydrogen-bond donors (Lipinski definition) is 1. The first-order valence-corrected chi connectivity index (χ1v) is 10.6. The Bertz CT molecular complexity index is 1370. The summed E-state index contributed by atoms with van der Waals surface area (Å²) in [7, 11) is 0. The molecule has 0 saturated carbocycles. The van der Waals surface area contributed by atoms with Crippen LogP contribution in [0.1, 0.15) is 26.3 Å². The van der Waals surface area contributed by atoms with Crippen molar-refractivity contribution >= 4 is 34.8 Å². The summed E-state index contributed by atoms with van der Waals surface area (Å²) in [6.45, 7) is 0.478. The summed E-state index contributed by atoms with van der Waals surface area (Å²) >= 11 is 5.96. The molecule has 33 heavy (non-hydrogen) atoms. The predicted molar refractivity (Wildman–Crippen MR) is 123 cm³/mol. The van der Waals surface area contributed by atoms with Crippen molar-refractivity contribution in [1.29, 1.82) is 0 Å². The van der Waals surface area contributed by atoms with E-state index < -0.39 is 11.7 Å². The van der Waals surface area contributed by atoms with Crippen LogP contribution in [0.2, 0.25) is 5.02 Å². The Hall–Kier alpha value is -3.97.